The number of fused-ring (bicyclic) bond motifs is 3. The van der Waals surface area contributed by atoms with Gasteiger partial charge in [0.2, 0.25) is 11.6 Å². The quantitative estimate of drug-likeness (QED) is 0.171. The van der Waals surface area contributed by atoms with Crippen molar-refractivity contribution in [1.29, 1.82) is 0 Å². The second-order valence-corrected chi connectivity index (χ2v) is 14.2. The molecule has 2 atom stereocenters. The molecule has 3 aliphatic rings. The van der Waals surface area contributed by atoms with Crippen LogP contribution in [0.4, 0.5) is 25.3 Å². The maximum absolute atomic E-state index is 17.0. The van der Waals surface area contributed by atoms with Gasteiger partial charge in [-0.2, -0.15) is 9.97 Å². The molecule has 3 fully saturated rings. The van der Waals surface area contributed by atoms with Gasteiger partial charge in [0, 0.05) is 41.5 Å². The number of hydrogen-bond donors (Lipinski definition) is 1. The van der Waals surface area contributed by atoms with Crippen molar-refractivity contribution in [2.75, 3.05) is 43.4 Å². The van der Waals surface area contributed by atoms with E-state index in [0.29, 0.717) is 30.9 Å². The fourth-order valence-electron chi connectivity index (χ4n) is 7.69. The number of aromatic nitrogens is 2. The van der Waals surface area contributed by atoms with Crippen molar-refractivity contribution >= 4 is 66.3 Å². The van der Waals surface area contributed by atoms with E-state index < -0.39 is 11.6 Å². The molecule has 4 aromatic rings. The Hall–Kier alpha value is -4.05. The summed E-state index contributed by atoms with van der Waals surface area (Å²) in [5.41, 5.74) is 6.28. The maximum atomic E-state index is 17.0. The summed E-state index contributed by atoms with van der Waals surface area (Å²) in [5.74, 6) is -1.01. The summed E-state index contributed by atoms with van der Waals surface area (Å²) in [5, 5.41) is 0.778. The number of carbonyl (C=O) groups excluding carboxylic acids is 1. The van der Waals surface area contributed by atoms with E-state index in [0.717, 1.165) is 50.1 Å². The first kappa shape index (κ1) is 31.5. The summed E-state index contributed by atoms with van der Waals surface area (Å²) >= 11 is 7.82. The predicted octanol–water partition coefficient (Wildman–Crippen LogP) is 7.19. The van der Waals surface area contributed by atoms with Crippen LogP contribution in [0.25, 0.3) is 37.0 Å². The third-order valence-corrected chi connectivity index (χ3v) is 11.3. The van der Waals surface area contributed by atoms with Gasteiger partial charge in [-0.25, -0.2) is 13.6 Å². The summed E-state index contributed by atoms with van der Waals surface area (Å²) in [7, 11) is 0. The second-order valence-electron chi connectivity index (χ2n) is 12.8. The molecule has 0 spiro atoms. The first-order valence-corrected chi connectivity index (χ1v) is 16.9. The number of hydrogen-bond acceptors (Lipinski definition) is 8. The van der Waals surface area contributed by atoms with Gasteiger partial charge in [0.05, 0.1) is 26.8 Å². The molecule has 0 bridgehead atoms. The van der Waals surface area contributed by atoms with Crippen molar-refractivity contribution in [3.05, 3.63) is 58.9 Å². The van der Waals surface area contributed by atoms with Crippen molar-refractivity contribution in [2.24, 2.45) is 0 Å². The van der Waals surface area contributed by atoms with Crippen LogP contribution in [0.15, 0.2) is 30.9 Å². The molecule has 0 aliphatic carbocycles. The van der Waals surface area contributed by atoms with Gasteiger partial charge in [-0.1, -0.05) is 24.2 Å². The van der Waals surface area contributed by atoms with E-state index in [1.807, 2.05) is 18.7 Å². The van der Waals surface area contributed by atoms with Gasteiger partial charge in [-0.15, -0.1) is 11.3 Å². The fraction of sp³-hybridized carbons (Fsp3) is 0.412. The highest BCUT2D eigenvalue weighted by Crippen LogP contribution is 2.49. The monoisotopic (exact) mass is 677 g/mol. The number of piperazine rings is 1. The minimum atomic E-state index is -0.739. The van der Waals surface area contributed by atoms with E-state index in [9.17, 15) is 9.18 Å². The molecular weight excluding hydrogens is 644 g/mol. The number of carbonyl (C=O) groups is 1. The Kier molecular flexibility index (Phi) is 7.97. The highest BCUT2D eigenvalue weighted by molar-refractivity contribution is 7.23. The average molecular weight is 678 g/mol. The second kappa shape index (κ2) is 11.9. The average Bonchev–Trinajstić information content (AvgIpc) is 3.74. The zero-order valence-electron chi connectivity index (χ0n) is 26.2. The summed E-state index contributed by atoms with van der Waals surface area (Å²) in [4.78, 5) is 31.9. The van der Waals surface area contributed by atoms with Gasteiger partial charge in [-0.3, -0.25) is 9.69 Å². The van der Waals surface area contributed by atoms with Crippen LogP contribution in [0.2, 0.25) is 5.02 Å². The molecular formula is C34H34ClF2N7O2S. The zero-order valence-corrected chi connectivity index (χ0v) is 27.7. The Morgan fingerprint density at radius 2 is 1.98 bits per heavy atom. The van der Waals surface area contributed by atoms with E-state index in [2.05, 4.69) is 21.3 Å². The minimum Gasteiger partial charge on any atom is -0.461 e. The van der Waals surface area contributed by atoms with Crippen molar-refractivity contribution in [3.63, 3.8) is 0 Å². The van der Waals surface area contributed by atoms with Gasteiger partial charge >= 0.3 is 6.01 Å². The van der Waals surface area contributed by atoms with Crippen LogP contribution in [0.3, 0.4) is 0 Å². The van der Waals surface area contributed by atoms with Crippen molar-refractivity contribution < 1.29 is 18.3 Å². The Bertz CT molecular complexity index is 1990. The lowest BCUT2D eigenvalue weighted by molar-refractivity contribution is -0.128. The Balaban J connectivity index is 1.40. The number of nitrogens with zero attached hydrogens (tertiary/aromatic N) is 6. The fourth-order valence-corrected chi connectivity index (χ4v) is 8.92. The van der Waals surface area contributed by atoms with Gasteiger partial charge in [0.25, 0.3) is 0 Å². The lowest BCUT2D eigenvalue weighted by Crippen LogP contribution is -2.58. The summed E-state index contributed by atoms with van der Waals surface area (Å²) in [6.07, 6.45) is 5.53. The number of anilines is 2. The molecule has 244 valence electrons. The Morgan fingerprint density at radius 3 is 2.68 bits per heavy atom. The molecule has 9 nitrogen and oxygen atoms in total. The summed E-state index contributed by atoms with van der Waals surface area (Å²) < 4.78 is 38.4. The molecule has 2 aromatic carbocycles. The molecule has 2 aromatic heterocycles. The zero-order chi connectivity index (χ0) is 33.2. The number of halogens is 3. The number of nitrogen functional groups attached to an aromatic ring is 1. The van der Waals surface area contributed by atoms with Crippen LogP contribution >= 0.6 is 22.9 Å². The third-order valence-electron chi connectivity index (χ3n) is 10.0. The molecule has 3 aliphatic heterocycles. The molecule has 5 heterocycles. The van der Waals surface area contributed by atoms with E-state index in [4.69, 9.17) is 33.6 Å². The van der Waals surface area contributed by atoms with E-state index in [-0.39, 0.29) is 72.0 Å². The van der Waals surface area contributed by atoms with Crippen LogP contribution in [0.5, 0.6) is 6.01 Å². The first-order valence-electron chi connectivity index (χ1n) is 15.7. The molecule has 0 saturated carbocycles. The Morgan fingerprint density at radius 1 is 1.23 bits per heavy atom. The van der Waals surface area contributed by atoms with E-state index >= 15 is 4.39 Å². The van der Waals surface area contributed by atoms with Crippen molar-refractivity contribution in [3.8, 4) is 17.1 Å². The van der Waals surface area contributed by atoms with Gasteiger partial charge in [0.1, 0.15) is 23.8 Å². The molecule has 2 N–H and O–H groups in total. The standard InChI is InChI=1S/C34H34ClF2N7O2S/c1-5-24(45)43-15-19(3)44(16-18(43)2)32-21-14-22(35)25(20-8-9-23(36)30-26(20)29(39-4)31(38)47-30)27(37)28(21)40-33(41-32)46-17-34-10-6-12-42(34)13-7-11-34/h5,8-9,14,18-19H,1,6-7,10-13,15-17,38H2,2-3H3. The number of amides is 1. The minimum absolute atomic E-state index is 0.00825. The summed E-state index contributed by atoms with van der Waals surface area (Å²) in [6, 6.07) is 3.93. The Labute approximate surface area is 280 Å². The van der Waals surface area contributed by atoms with E-state index in [1.165, 1.54) is 18.2 Å². The van der Waals surface area contributed by atoms with Crippen molar-refractivity contribution in [2.45, 2.75) is 57.2 Å². The lowest BCUT2D eigenvalue weighted by atomic mass is 9.95. The lowest BCUT2D eigenvalue weighted by Gasteiger charge is -2.44. The van der Waals surface area contributed by atoms with E-state index in [1.54, 1.807) is 11.0 Å². The highest BCUT2D eigenvalue weighted by atomic mass is 35.5. The first-order chi connectivity index (χ1) is 22.6. The molecule has 0 radical (unpaired) electrons. The molecule has 1 amide bonds. The molecule has 7 rings (SSSR count). The number of ether oxygens (including phenoxy) is 1. The highest BCUT2D eigenvalue weighted by Gasteiger charge is 2.45. The van der Waals surface area contributed by atoms with Crippen LogP contribution < -0.4 is 15.4 Å². The smallest absolute Gasteiger partial charge is 0.319 e. The number of thiophene rings is 1. The molecule has 13 heteroatoms. The van der Waals surface area contributed by atoms with Crippen LogP contribution in [0.1, 0.15) is 39.5 Å². The maximum Gasteiger partial charge on any atom is 0.319 e. The number of rotatable bonds is 6. The number of nitrogens with two attached hydrogens (primary N) is 1. The topological polar surface area (TPSA) is 92.2 Å². The molecule has 3 saturated heterocycles. The van der Waals surface area contributed by atoms with Gasteiger partial charge in [0.15, 0.2) is 5.82 Å². The summed E-state index contributed by atoms with van der Waals surface area (Å²) in [6.45, 7) is 18.5. The van der Waals surface area contributed by atoms with Gasteiger partial charge < -0.3 is 20.3 Å². The molecule has 47 heavy (non-hydrogen) atoms. The SMILES string of the molecule is [C-]#[N+]c1c(N)sc2c(F)ccc(-c3c(Cl)cc4c(N5CC(C)N(C(=O)C=C)CC5C)nc(OCC56CCCN5CCC6)nc4c3F)c12. The number of benzene rings is 2. The van der Waals surface area contributed by atoms with Crippen LogP contribution in [-0.2, 0) is 4.79 Å². The van der Waals surface area contributed by atoms with Crippen LogP contribution in [-0.4, -0.2) is 76.1 Å². The molecule has 2 unspecified atom stereocenters. The van der Waals surface area contributed by atoms with Crippen molar-refractivity contribution in [1.82, 2.24) is 19.8 Å². The largest absolute Gasteiger partial charge is 0.461 e. The van der Waals surface area contributed by atoms with Crippen LogP contribution in [0, 0.1) is 18.2 Å². The predicted molar refractivity (Wildman–Crippen MR) is 182 cm³/mol. The van der Waals surface area contributed by atoms with Gasteiger partial charge in [-0.05, 0) is 76.4 Å². The normalized spacial score (nSPS) is 20.9. The third kappa shape index (κ3) is 5.07.